The summed E-state index contributed by atoms with van der Waals surface area (Å²) in [4.78, 5) is 8.75. The molecule has 0 amide bonds. The Labute approximate surface area is 148 Å². The minimum atomic E-state index is -0.356. The number of aliphatic hydroxyl groups excluding tert-OH is 1. The van der Waals surface area contributed by atoms with Crippen molar-refractivity contribution in [2.45, 2.75) is 31.5 Å². The first kappa shape index (κ1) is 15.7. The molecule has 1 fully saturated rings. The van der Waals surface area contributed by atoms with Gasteiger partial charge in [0.1, 0.15) is 0 Å². The van der Waals surface area contributed by atoms with Crippen LogP contribution in [-0.2, 0) is 13.6 Å². The number of nitrogens with one attached hydrogen (secondary N) is 1. The van der Waals surface area contributed by atoms with Crippen molar-refractivity contribution in [3.63, 3.8) is 0 Å². The predicted octanol–water partition coefficient (Wildman–Crippen LogP) is 2.78. The van der Waals surface area contributed by atoms with Gasteiger partial charge in [-0.3, -0.25) is 0 Å². The van der Waals surface area contributed by atoms with Gasteiger partial charge in [-0.2, -0.15) is 0 Å². The molecule has 0 aliphatic heterocycles. The molecule has 24 heavy (non-hydrogen) atoms. The first-order valence-corrected chi connectivity index (χ1v) is 8.92. The molecule has 1 saturated carbocycles. The molecule has 0 spiro atoms. The van der Waals surface area contributed by atoms with Crippen LogP contribution in [-0.4, -0.2) is 36.4 Å². The summed E-state index contributed by atoms with van der Waals surface area (Å²) in [7, 11) is 2.00. The summed E-state index contributed by atoms with van der Waals surface area (Å²) in [6.07, 6.45) is 6.95. The maximum atomic E-state index is 10.4. The molecule has 2 heterocycles. The normalized spacial score (nSPS) is 23.9. The van der Waals surface area contributed by atoms with Crippen LogP contribution in [0.2, 0.25) is 0 Å². The minimum absolute atomic E-state index is 0.0254. The molecule has 4 rings (SSSR count). The first-order chi connectivity index (χ1) is 11.6. The number of imidazole rings is 2. The van der Waals surface area contributed by atoms with Gasteiger partial charge >= 0.3 is 0 Å². The highest BCUT2D eigenvalue weighted by Crippen LogP contribution is 2.30. The van der Waals surface area contributed by atoms with E-state index in [2.05, 4.69) is 35.8 Å². The summed E-state index contributed by atoms with van der Waals surface area (Å²) in [6.45, 7) is 0.894. The van der Waals surface area contributed by atoms with E-state index in [1.54, 1.807) is 6.20 Å². The number of anilines is 1. The Bertz CT molecular complexity index is 844. The van der Waals surface area contributed by atoms with Gasteiger partial charge in [0, 0.05) is 30.5 Å². The van der Waals surface area contributed by atoms with Crippen LogP contribution in [0.25, 0.3) is 11.0 Å². The second-order valence-electron chi connectivity index (χ2n) is 6.54. The lowest BCUT2D eigenvalue weighted by Crippen LogP contribution is -2.29. The fourth-order valence-electron chi connectivity index (χ4n) is 3.58. The third-order valence-electron chi connectivity index (χ3n) is 4.81. The topological polar surface area (TPSA) is 67.9 Å². The molecule has 7 heteroatoms. The van der Waals surface area contributed by atoms with Crippen LogP contribution in [0.4, 0.5) is 5.95 Å². The van der Waals surface area contributed by atoms with Crippen molar-refractivity contribution >= 4 is 32.9 Å². The van der Waals surface area contributed by atoms with Gasteiger partial charge in [0.15, 0.2) is 0 Å². The Morgan fingerprint density at radius 1 is 1.38 bits per heavy atom. The lowest BCUT2D eigenvalue weighted by Gasteiger charge is -2.17. The molecule has 3 atom stereocenters. The number of benzene rings is 1. The fraction of sp³-hybridized carbons (Fsp3) is 0.412. The number of halogens is 1. The second kappa shape index (κ2) is 6.22. The van der Waals surface area contributed by atoms with E-state index in [1.807, 2.05) is 42.3 Å². The van der Waals surface area contributed by atoms with Crippen LogP contribution in [0.1, 0.15) is 12.8 Å². The van der Waals surface area contributed by atoms with Gasteiger partial charge in [-0.1, -0.05) is 15.9 Å². The van der Waals surface area contributed by atoms with E-state index in [0.29, 0.717) is 5.92 Å². The number of aromatic nitrogens is 4. The van der Waals surface area contributed by atoms with Gasteiger partial charge < -0.3 is 19.6 Å². The van der Waals surface area contributed by atoms with Gasteiger partial charge in [-0.05, 0) is 37.0 Å². The molecule has 0 radical (unpaired) electrons. The van der Waals surface area contributed by atoms with Crippen molar-refractivity contribution in [1.29, 1.82) is 0 Å². The molecule has 2 aromatic heterocycles. The molecule has 0 bridgehead atoms. The van der Waals surface area contributed by atoms with Crippen molar-refractivity contribution in [2.24, 2.45) is 13.0 Å². The van der Waals surface area contributed by atoms with Gasteiger partial charge in [0.25, 0.3) is 0 Å². The Morgan fingerprint density at radius 3 is 3.04 bits per heavy atom. The summed E-state index contributed by atoms with van der Waals surface area (Å²) in [5.41, 5.74) is 2.01. The second-order valence-corrected chi connectivity index (χ2v) is 7.46. The summed E-state index contributed by atoms with van der Waals surface area (Å²) < 4.78 is 5.13. The largest absolute Gasteiger partial charge is 0.391 e. The predicted molar refractivity (Wildman–Crippen MR) is 96.8 cm³/mol. The standard InChI is InChI=1S/C17H20BrN5O/c1-22-15-3-2-12(18)8-13(15)20-17(22)21-14-6-11(7-16(14)24)9-23-5-4-19-10-23/h2-5,8,10-11,14,16,24H,6-7,9H2,1H3,(H,20,21)/t11?,14-,16-/m1/s1. The van der Waals surface area contributed by atoms with Crippen molar-refractivity contribution in [3.05, 3.63) is 41.4 Å². The molecule has 1 aliphatic rings. The van der Waals surface area contributed by atoms with E-state index in [-0.39, 0.29) is 12.1 Å². The van der Waals surface area contributed by atoms with E-state index in [0.717, 1.165) is 40.8 Å². The van der Waals surface area contributed by atoms with E-state index >= 15 is 0 Å². The Morgan fingerprint density at radius 2 is 2.25 bits per heavy atom. The third kappa shape index (κ3) is 2.93. The van der Waals surface area contributed by atoms with Crippen LogP contribution in [0, 0.1) is 5.92 Å². The van der Waals surface area contributed by atoms with Gasteiger partial charge in [-0.25, -0.2) is 9.97 Å². The van der Waals surface area contributed by atoms with Crippen molar-refractivity contribution in [3.8, 4) is 0 Å². The van der Waals surface area contributed by atoms with Crippen LogP contribution in [0.5, 0.6) is 0 Å². The van der Waals surface area contributed by atoms with Crippen molar-refractivity contribution in [2.75, 3.05) is 5.32 Å². The van der Waals surface area contributed by atoms with E-state index in [1.165, 1.54) is 0 Å². The van der Waals surface area contributed by atoms with Crippen molar-refractivity contribution in [1.82, 2.24) is 19.1 Å². The monoisotopic (exact) mass is 389 g/mol. The van der Waals surface area contributed by atoms with E-state index in [4.69, 9.17) is 0 Å². The molecular weight excluding hydrogens is 370 g/mol. The molecule has 126 valence electrons. The van der Waals surface area contributed by atoms with E-state index in [9.17, 15) is 5.11 Å². The highest BCUT2D eigenvalue weighted by Gasteiger charge is 2.33. The summed E-state index contributed by atoms with van der Waals surface area (Å²) in [6, 6.07) is 6.09. The van der Waals surface area contributed by atoms with Crippen LogP contribution < -0.4 is 5.32 Å². The highest BCUT2D eigenvalue weighted by atomic mass is 79.9. The Balaban J connectivity index is 1.50. The zero-order valence-electron chi connectivity index (χ0n) is 13.4. The number of aryl methyl sites for hydroxylation is 1. The molecule has 6 nitrogen and oxygen atoms in total. The number of fused-ring (bicyclic) bond motifs is 1. The lowest BCUT2D eigenvalue weighted by atomic mass is 10.1. The van der Waals surface area contributed by atoms with E-state index < -0.39 is 0 Å². The average Bonchev–Trinajstić information content (AvgIpc) is 3.23. The number of rotatable bonds is 4. The minimum Gasteiger partial charge on any atom is -0.391 e. The lowest BCUT2D eigenvalue weighted by molar-refractivity contribution is 0.166. The number of nitrogens with zero attached hydrogens (tertiary/aromatic N) is 4. The highest BCUT2D eigenvalue weighted by molar-refractivity contribution is 9.10. The smallest absolute Gasteiger partial charge is 0.203 e. The molecular formula is C17H20BrN5O. The maximum absolute atomic E-state index is 10.4. The quantitative estimate of drug-likeness (QED) is 0.719. The zero-order chi connectivity index (χ0) is 16.7. The van der Waals surface area contributed by atoms with Gasteiger partial charge in [0.05, 0.1) is 29.5 Å². The van der Waals surface area contributed by atoms with Crippen LogP contribution in [0.3, 0.4) is 0 Å². The summed E-state index contributed by atoms with van der Waals surface area (Å²) in [5.74, 6) is 1.24. The van der Waals surface area contributed by atoms with Crippen LogP contribution >= 0.6 is 15.9 Å². The molecule has 1 aliphatic carbocycles. The Kier molecular flexibility index (Phi) is 4.05. The molecule has 0 saturated heterocycles. The average molecular weight is 390 g/mol. The van der Waals surface area contributed by atoms with Crippen molar-refractivity contribution < 1.29 is 5.11 Å². The molecule has 1 aromatic carbocycles. The molecule has 3 aromatic rings. The Hall–Kier alpha value is -1.86. The maximum Gasteiger partial charge on any atom is 0.203 e. The van der Waals surface area contributed by atoms with Gasteiger partial charge in [-0.15, -0.1) is 0 Å². The fourth-order valence-corrected chi connectivity index (χ4v) is 3.93. The molecule has 1 unspecified atom stereocenters. The number of hydrogen-bond donors (Lipinski definition) is 2. The number of aliphatic hydroxyl groups is 1. The summed E-state index contributed by atoms with van der Waals surface area (Å²) in [5, 5.41) is 13.9. The zero-order valence-corrected chi connectivity index (χ0v) is 15.0. The SMILES string of the molecule is Cn1c(N[C@@H]2CC(Cn3ccnc3)C[C@H]2O)nc2cc(Br)ccc21. The number of hydrogen-bond acceptors (Lipinski definition) is 4. The first-order valence-electron chi connectivity index (χ1n) is 8.12. The van der Waals surface area contributed by atoms with Crippen LogP contribution in [0.15, 0.2) is 41.4 Å². The van der Waals surface area contributed by atoms with Gasteiger partial charge in [0.2, 0.25) is 5.95 Å². The summed E-state index contributed by atoms with van der Waals surface area (Å²) >= 11 is 3.48. The third-order valence-corrected chi connectivity index (χ3v) is 5.31. The molecule has 2 N–H and O–H groups in total.